The Balaban J connectivity index is 2.05. The maximum Gasteiger partial charge on any atom is 0.410 e. The smallest absolute Gasteiger partial charge is 0.410 e. The number of benzene rings is 1. The molecular weight excluding hydrogens is 352 g/mol. The first-order valence-corrected chi connectivity index (χ1v) is 8.76. The highest BCUT2D eigenvalue weighted by Crippen LogP contribution is 2.17. The summed E-state index contributed by atoms with van der Waals surface area (Å²) >= 11 is 0. The lowest BCUT2D eigenvalue weighted by atomic mass is 10.1. The summed E-state index contributed by atoms with van der Waals surface area (Å²) in [7, 11) is 1.21. The Morgan fingerprint density at radius 1 is 1.30 bits per heavy atom. The number of nitrogens with zero attached hydrogens (tertiary/aromatic N) is 2. The van der Waals surface area contributed by atoms with Crippen molar-refractivity contribution in [1.82, 2.24) is 9.80 Å². The van der Waals surface area contributed by atoms with Gasteiger partial charge in [0.2, 0.25) is 5.91 Å². The minimum absolute atomic E-state index is 0.0388. The molecule has 1 saturated heterocycles. The third kappa shape index (κ3) is 5.29. The Kier molecular flexibility index (Phi) is 7.34. The summed E-state index contributed by atoms with van der Waals surface area (Å²) < 4.78 is 10.1. The fourth-order valence-electron chi connectivity index (χ4n) is 3.02. The normalized spacial score (nSPS) is 18.4. The first kappa shape index (κ1) is 20.4. The molecule has 0 aromatic heterocycles. The van der Waals surface area contributed by atoms with E-state index in [1.807, 2.05) is 30.3 Å². The van der Waals surface area contributed by atoms with E-state index < -0.39 is 18.1 Å². The second-order valence-electron chi connectivity index (χ2n) is 6.32. The van der Waals surface area contributed by atoms with Gasteiger partial charge in [0, 0.05) is 32.0 Å². The molecule has 1 aliphatic heterocycles. The third-order valence-corrected chi connectivity index (χ3v) is 4.49. The molecule has 1 fully saturated rings. The zero-order valence-electron chi connectivity index (χ0n) is 15.5. The van der Waals surface area contributed by atoms with Gasteiger partial charge >= 0.3 is 12.1 Å². The van der Waals surface area contributed by atoms with Gasteiger partial charge in [-0.1, -0.05) is 30.3 Å². The van der Waals surface area contributed by atoms with Gasteiger partial charge in [0.25, 0.3) is 0 Å². The van der Waals surface area contributed by atoms with E-state index in [9.17, 15) is 19.2 Å². The van der Waals surface area contributed by atoms with Crippen LogP contribution in [0.1, 0.15) is 25.3 Å². The topological polar surface area (TPSA) is 93.2 Å². The van der Waals surface area contributed by atoms with Gasteiger partial charge in [-0.2, -0.15) is 0 Å². The van der Waals surface area contributed by atoms with Gasteiger partial charge in [-0.05, 0) is 12.5 Å². The lowest BCUT2D eigenvalue weighted by Gasteiger charge is -2.31. The molecule has 8 heteroatoms. The quantitative estimate of drug-likeness (QED) is 0.550. The maximum atomic E-state index is 12.5. The molecule has 1 heterocycles. The largest absolute Gasteiger partial charge is 0.467 e. The second kappa shape index (κ2) is 9.70. The van der Waals surface area contributed by atoms with Crippen LogP contribution in [0.15, 0.2) is 30.3 Å². The highest BCUT2D eigenvalue weighted by molar-refractivity contribution is 5.87. The predicted molar refractivity (Wildman–Crippen MR) is 95.6 cm³/mol. The SMILES string of the molecule is COC(=O)[C@@H](CC=O)N1C[C@H](C)N(C(=O)OCc2ccccc2)CCC1=O. The first-order chi connectivity index (χ1) is 13.0. The number of carbonyl (C=O) groups excluding carboxylic acids is 4. The first-order valence-electron chi connectivity index (χ1n) is 8.76. The Morgan fingerprint density at radius 3 is 2.63 bits per heavy atom. The van der Waals surface area contributed by atoms with Crippen LogP contribution in [0.5, 0.6) is 0 Å². The van der Waals surface area contributed by atoms with Crippen molar-refractivity contribution >= 4 is 24.3 Å². The molecule has 0 saturated carbocycles. The van der Waals surface area contributed by atoms with Crippen LogP contribution in [-0.2, 0) is 30.5 Å². The number of rotatable bonds is 6. The molecule has 146 valence electrons. The van der Waals surface area contributed by atoms with E-state index in [1.165, 1.54) is 16.9 Å². The Hall–Kier alpha value is -2.90. The van der Waals surface area contributed by atoms with E-state index >= 15 is 0 Å². The minimum atomic E-state index is -0.984. The molecular formula is C19H24N2O6. The van der Waals surface area contributed by atoms with Gasteiger partial charge in [-0.3, -0.25) is 4.79 Å². The molecule has 0 bridgehead atoms. The fraction of sp³-hybridized carbons (Fsp3) is 0.474. The summed E-state index contributed by atoms with van der Waals surface area (Å²) in [4.78, 5) is 50.6. The number of esters is 1. The van der Waals surface area contributed by atoms with Crippen LogP contribution in [0.4, 0.5) is 4.79 Å². The molecule has 2 amide bonds. The van der Waals surface area contributed by atoms with Gasteiger partial charge in [-0.15, -0.1) is 0 Å². The molecule has 0 unspecified atom stereocenters. The van der Waals surface area contributed by atoms with Crippen LogP contribution in [0.2, 0.25) is 0 Å². The number of hydrogen-bond acceptors (Lipinski definition) is 6. The van der Waals surface area contributed by atoms with Crippen molar-refractivity contribution in [3.63, 3.8) is 0 Å². The molecule has 0 N–H and O–H groups in total. The molecule has 1 aromatic carbocycles. The van der Waals surface area contributed by atoms with Crippen LogP contribution in [0.3, 0.4) is 0 Å². The highest BCUT2D eigenvalue weighted by atomic mass is 16.6. The van der Waals surface area contributed by atoms with E-state index in [4.69, 9.17) is 9.47 Å². The summed E-state index contributed by atoms with van der Waals surface area (Å²) in [5.41, 5.74) is 0.864. The zero-order chi connectivity index (χ0) is 19.8. The maximum absolute atomic E-state index is 12.5. The summed E-state index contributed by atoms with van der Waals surface area (Å²) in [5, 5.41) is 0. The van der Waals surface area contributed by atoms with Crippen molar-refractivity contribution in [3.8, 4) is 0 Å². The zero-order valence-corrected chi connectivity index (χ0v) is 15.5. The lowest BCUT2D eigenvalue weighted by molar-refractivity contribution is -0.153. The molecule has 1 aromatic rings. The molecule has 2 rings (SSSR count). The number of amides is 2. The number of ether oxygens (including phenoxy) is 2. The number of carbonyl (C=O) groups is 4. The molecule has 2 atom stereocenters. The summed E-state index contributed by atoms with van der Waals surface area (Å²) in [6, 6.07) is 7.93. The average Bonchev–Trinajstić information content (AvgIpc) is 2.83. The van der Waals surface area contributed by atoms with E-state index in [-0.39, 0.29) is 44.5 Å². The van der Waals surface area contributed by atoms with Crippen LogP contribution in [0, 0.1) is 0 Å². The Labute approximate surface area is 158 Å². The highest BCUT2D eigenvalue weighted by Gasteiger charge is 2.36. The van der Waals surface area contributed by atoms with Crippen molar-refractivity contribution in [2.75, 3.05) is 20.2 Å². The van der Waals surface area contributed by atoms with E-state index in [2.05, 4.69) is 0 Å². The summed E-state index contributed by atoms with van der Waals surface area (Å²) in [6.45, 7) is 2.20. The summed E-state index contributed by atoms with van der Waals surface area (Å²) in [5.74, 6) is -0.958. The van der Waals surface area contributed by atoms with Gasteiger partial charge in [0.05, 0.1) is 7.11 Å². The van der Waals surface area contributed by atoms with Crippen LogP contribution in [-0.4, -0.2) is 66.3 Å². The molecule has 8 nitrogen and oxygen atoms in total. The molecule has 0 aliphatic carbocycles. The monoisotopic (exact) mass is 376 g/mol. The van der Waals surface area contributed by atoms with Gasteiger partial charge in [0.1, 0.15) is 18.9 Å². The molecule has 1 aliphatic rings. The van der Waals surface area contributed by atoms with Crippen molar-refractivity contribution in [1.29, 1.82) is 0 Å². The van der Waals surface area contributed by atoms with Crippen LogP contribution < -0.4 is 0 Å². The van der Waals surface area contributed by atoms with E-state index in [1.54, 1.807) is 6.92 Å². The number of hydrogen-bond donors (Lipinski definition) is 0. The third-order valence-electron chi connectivity index (χ3n) is 4.49. The van der Waals surface area contributed by atoms with E-state index in [0.717, 1.165) is 5.56 Å². The van der Waals surface area contributed by atoms with Crippen molar-refractivity contribution in [2.45, 2.75) is 38.5 Å². The van der Waals surface area contributed by atoms with Crippen LogP contribution in [0.25, 0.3) is 0 Å². The van der Waals surface area contributed by atoms with Gasteiger partial charge < -0.3 is 24.1 Å². The van der Waals surface area contributed by atoms with Gasteiger partial charge in [-0.25, -0.2) is 9.59 Å². The average molecular weight is 376 g/mol. The standard InChI is InChI=1S/C19H24N2O6/c1-14-12-21(16(9-11-22)18(24)26-2)17(23)8-10-20(14)19(25)27-13-15-6-4-3-5-7-15/h3-7,11,14,16H,8-10,12-13H2,1-2H3/t14-,16+/m0/s1. The second-order valence-corrected chi connectivity index (χ2v) is 6.32. The molecule has 0 radical (unpaired) electrons. The lowest BCUT2D eigenvalue weighted by Crippen LogP contribution is -2.49. The number of methoxy groups -OCH3 is 1. The predicted octanol–water partition coefficient (Wildman–Crippen LogP) is 1.38. The van der Waals surface area contributed by atoms with Crippen molar-refractivity contribution < 1.29 is 28.7 Å². The van der Waals surface area contributed by atoms with E-state index in [0.29, 0.717) is 6.29 Å². The fourth-order valence-corrected chi connectivity index (χ4v) is 3.02. The Bertz CT molecular complexity index is 678. The molecule has 27 heavy (non-hydrogen) atoms. The minimum Gasteiger partial charge on any atom is -0.467 e. The van der Waals surface area contributed by atoms with Crippen molar-refractivity contribution in [3.05, 3.63) is 35.9 Å². The number of aldehydes is 1. The Morgan fingerprint density at radius 2 is 2.00 bits per heavy atom. The van der Waals surface area contributed by atoms with Crippen molar-refractivity contribution in [2.24, 2.45) is 0 Å². The van der Waals surface area contributed by atoms with Gasteiger partial charge in [0.15, 0.2) is 0 Å². The summed E-state index contributed by atoms with van der Waals surface area (Å²) in [6.07, 6.45) is -0.0529. The molecule has 0 spiro atoms. The van der Waals surface area contributed by atoms with Crippen LogP contribution >= 0.6 is 0 Å².